The summed E-state index contributed by atoms with van der Waals surface area (Å²) in [5, 5.41) is 2.91. The number of anilines is 2. The first-order valence-electron chi connectivity index (χ1n) is 11.7. The zero-order chi connectivity index (χ0) is 24.8. The van der Waals surface area contributed by atoms with Gasteiger partial charge in [-0.25, -0.2) is 12.8 Å². The van der Waals surface area contributed by atoms with Crippen LogP contribution in [0.1, 0.15) is 40.7 Å². The lowest BCUT2D eigenvalue weighted by Crippen LogP contribution is -2.30. The molecule has 3 aromatic rings. The van der Waals surface area contributed by atoms with Gasteiger partial charge in [-0.2, -0.15) is 0 Å². The lowest BCUT2D eigenvalue weighted by molar-refractivity contribution is 0.0951. The highest BCUT2D eigenvalue weighted by Gasteiger charge is 2.20. The lowest BCUT2D eigenvalue weighted by atomic mass is 10.1. The summed E-state index contributed by atoms with van der Waals surface area (Å²) in [5.41, 5.74) is 3.26. The van der Waals surface area contributed by atoms with Gasteiger partial charge in [-0.3, -0.25) is 9.10 Å². The highest BCUT2D eigenvalue weighted by molar-refractivity contribution is 7.92. The minimum atomic E-state index is -3.66. The third-order valence-electron chi connectivity index (χ3n) is 6.20. The standard InChI is InChI=1S/C27H30FN3O3S/c1-35(33,34)31(20-23-7-3-4-8-26(23)28)25-15-11-22(12-16-25)27(32)29-19-21-9-13-24(14-10-21)30-17-5-2-6-18-30/h3-4,7-16H,2,5-6,17-20H2,1H3,(H,29,32). The Morgan fingerprint density at radius 3 is 2.23 bits per heavy atom. The molecule has 1 aliphatic heterocycles. The summed E-state index contributed by atoms with van der Waals surface area (Å²) in [5.74, 6) is -0.724. The number of hydrogen-bond donors (Lipinski definition) is 1. The van der Waals surface area contributed by atoms with Crippen LogP contribution in [0.4, 0.5) is 15.8 Å². The van der Waals surface area contributed by atoms with Crippen molar-refractivity contribution in [1.82, 2.24) is 5.32 Å². The van der Waals surface area contributed by atoms with Gasteiger partial charge in [0.15, 0.2) is 0 Å². The summed E-state index contributed by atoms with van der Waals surface area (Å²) in [4.78, 5) is 15.0. The molecule has 0 aromatic heterocycles. The smallest absolute Gasteiger partial charge is 0.251 e. The van der Waals surface area contributed by atoms with Gasteiger partial charge in [0.1, 0.15) is 5.82 Å². The molecule has 0 spiro atoms. The average molecular weight is 496 g/mol. The van der Waals surface area contributed by atoms with Crippen molar-refractivity contribution >= 4 is 27.3 Å². The molecule has 4 rings (SSSR count). The summed E-state index contributed by atoms with van der Waals surface area (Å²) >= 11 is 0. The molecule has 1 aliphatic rings. The van der Waals surface area contributed by atoms with E-state index in [2.05, 4.69) is 22.3 Å². The van der Waals surface area contributed by atoms with Gasteiger partial charge in [-0.1, -0.05) is 30.3 Å². The van der Waals surface area contributed by atoms with Crippen molar-refractivity contribution in [3.8, 4) is 0 Å². The molecule has 35 heavy (non-hydrogen) atoms. The Kier molecular flexibility index (Phi) is 7.70. The Morgan fingerprint density at radius 1 is 0.943 bits per heavy atom. The van der Waals surface area contributed by atoms with Gasteiger partial charge in [-0.15, -0.1) is 0 Å². The summed E-state index contributed by atoms with van der Waals surface area (Å²) in [7, 11) is -3.66. The van der Waals surface area contributed by atoms with E-state index in [4.69, 9.17) is 0 Å². The van der Waals surface area contributed by atoms with E-state index in [1.54, 1.807) is 42.5 Å². The minimum Gasteiger partial charge on any atom is -0.372 e. The van der Waals surface area contributed by atoms with Gasteiger partial charge < -0.3 is 10.2 Å². The van der Waals surface area contributed by atoms with Crippen LogP contribution in [0, 0.1) is 5.82 Å². The number of hydrogen-bond acceptors (Lipinski definition) is 4. The Balaban J connectivity index is 1.39. The molecule has 0 aliphatic carbocycles. The molecular formula is C27H30FN3O3S. The van der Waals surface area contributed by atoms with E-state index in [-0.39, 0.29) is 18.0 Å². The van der Waals surface area contributed by atoms with Crippen LogP contribution >= 0.6 is 0 Å². The molecule has 3 aromatic carbocycles. The van der Waals surface area contributed by atoms with Crippen LogP contribution in [0.15, 0.2) is 72.8 Å². The molecule has 1 amide bonds. The molecule has 6 nitrogen and oxygen atoms in total. The molecule has 0 bridgehead atoms. The monoisotopic (exact) mass is 495 g/mol. The Hall–Kier alpha value is -3.39. The fraction of sp³-hybridized carbons (Fsp3) is 0.296. The summed E-state index contributed by atoms with van der Waals surface area (Å²) in [6.45, 7) is 2.43. The van der Waals surface area contributed by atoms with Gasteiger partial charge >= 0.3 is 0 Å². The summed E-state index contributed by atoms with van der Waals surface area (Å²) in [6, 6.07) is 20.6. The predicted octanol–water partition coefficient (Wildman–Crippen LogP) is 4.71. The minimum absolute atomic E-state index is 0.134. The fourth-order valence-electron chi connectivity index (χ4n) is 4.22. The van der Waals surface area contributed by atoms with E-state index in [1.165, 1.54) is 31.0 Å². The topological polar surface area (TPSA) is 69.7 Å². The molecular weight excluding hydrogens is 465 g/mol. The van der Waals surface area contributed by atoms with E-state index in [1.807, 2.05) is 12.1 Å². The highest BCUT2D eigenvalue weighted by Crippen LogP contribution is 2.23. The second kappa shape index (κ2) is 10.9. The second-order valence-electron chi connectivity index (χ2n) is 8.80. The zero-order valence-corrected chi connectivity index (χ0v) is 20.6. The normalized spacial score (nSPS) is 13.9. The third kappa shape index (κ3) is 6.39. The van der Waals surface area contributed by atoms with Crippen molar-refractivity contribution in [2.24, 2.45) is 0 Å². The lowest BCUT2D eigenvalue weighted by Gasteiger charge is -2.28. The predicted molar refractivity (Wildman–Crippen MR) is 138 cm³/mol. The van der Waals surface area contributed by atoms with Crippen LogP contribution in [0.25, 0.3) is 0 Å². The number of nitrogens with one attached hydrogen (secondary N) is 1. The maximum absolute atomic E-state index is 14.1. The van der Waals surface area contributed by atoms with Gasteiger partial charge in [0, 0.05) is 36.4 Å². The van der Waals surface area contributed by atoms with Crippen LogP contribution in [-0.4, -0.2) is 33.7 Å². The number of benzene rings is 3. The maximum atomic E-state index is 14.1. The Bertz CT molecular complexity index is 1260. The molecule has 0 unspecified atom stereocenters. The number of amides is 1. The second-order valence-corrected chi connectivity index (χ2v) is 10.7. The van der Waals surface area contributed by atoms with Crippen molar-refractivity contribution in [2.45, 2.75) is 32.4 Å². The molecule has 1 heterocycles. The van der Waals surface area contributed by atoms with Gasteiger partial charge in [0.2, 0.25) is 10.0 Å². The Labute approximate surface area is 206 Å². The van der Waals surface area contributed by atoms with Crippen LogP contribution in [0.2, 0.25) is 0 Å². The van der Waals surface area contributed by atoms with Gasteiger partial charge in [-0.05, 0) is 67.3 Å². The molecule has 1 saturated heterocycles. The summed E-state index contributed by atoms with van der Waals surface area (Å²) < 4.78 is 40.0. The molecule has 1 fully saturated rings. The average Bonchev–Trinajstić information content (AvgIpc) is 2.87. The number of nitrogens with zero attached hydrogens (tertiary/aromatic N) is 2. The first kappa shape index (κ1) is 24.7. The van der Waals surface area contributed by atoms with E-state index in [9.17, 15) is 17.6 Å². The molecule has 1 N–H and O–H groups in total. The van der Waals surface area contributed by atoms with Crippen LogP contribution < -0.4 is 14.5 Å². The number of piperidine rings is 1. The van der Waals surface area contributed by atoms with Crippen LogP contribution in [-0.2, 0) is 23.1 Å². The van der Waals surface area contributed by atoms with E-state index < -0.39 is 15.8 Å². The van der Waals surface area contributed by atoms with Crippen molar-refractivity contribution in [3.05, 3.63) is 95.3 Å². The number of sulfonamides is 1. The van der Waals surface area contributed by atoms with Crippen LogP contribution in [0.5, 0.6) is 0 Å². The third-order valence-corrected chi connectivity index (χ3v) is 7.34. The van der Waals surface area contributed by atoms with E-state index in [0.717, 1.165) is 29.2 Å². The van der Waals surface area contributed by atoms with Crippen molar-refractivity contribution in [2.75, 3.05) is 28.6 Å². The van der Waals surface area contributed by atoms with Crippen molar-refractivity contribution in [1.29, 1.82) is 0 Å². The van der Waals surface area contributed by atoms with Crippen molar-refractivity contribution in [3.63, 3.8) is 0 Å². The molecule has 184 valence electrons. The number of rotatable bonds is 8. The quantitative estimate of drug-likeness (QED) is 0.491. The zero-order valence-electron chi connectivity index (χ0n) is 19.8. The molecule has 0 saturated carbocycles. The summed E-state index contributed by atoms with van der Waals surface area (Å²) in [6.07, 6.45) is 4.81. The number of carbonyl (C=O) groups excluding carboxylic acids is 1. The number of carbonyl (C=O) groups is 1. The highest BCUT2D eigenvalue weighted by atomic mass is 32.2. The molecule has 8 heteroatoms. The van der Waals surface area contributed by atoms with E-state index in [0.29, 0.717) is 17.8 Å². The van der Waals surface area contributed by atoms with Crippen molar-refractivity contribution < 1.29 is 17.6 Å². The van der Waals surface area contributed by atoms with E-state index >= 15 is 0 Å². The first-order valence-corrected chi connectivity index (χ1v) is 13.6. The number of halogens is 1. The van der Waals surface area contributed by atoms with Gasteiger partial charge in [0.05, 0.1) is 18.5 Å². The first-order chi connectivity index (χ1) is 16.8. The fourth-order valence-corrected chi connectivity index (χ4v) is 5.10. The van der Waals surface area contributed by atoms with Crippen LogP contribution in [0.3, 0.4) is 0 Å². The SMILES string of the molecule is CS(=O)(=O)N(Cc1ccccc1F)c1ccc(C(=O)NCc2ccc(N3CCCCC3)cc2)cc1. The molecule has 0 atom stereocenters. The van der Waals surface area contributed by atoms with Gasteiger partial charge in [0.25, 0.3) is 5.91 Å². The maximum Gasteiger partial charge on any atom is 0.251 e. The molecule has 0 radical (unpaired) electrons. The Morgan fingerprint density at radius 2 is 1.60 bits per heavy atom. The largest absolute Gasteiger partial charge is 0.372 e.